The first-order valence-electron chi connectivity index (χ1n) is 3.96. The Kier molecular flexibility index (Phi) is 4.33. The number of rotatable bonds is 5. The van der Waals surface area contributed by atoms with E-state index in [-0.39, 0.29) is 16.7 Å². The van der Waals surface area contributed by atoms with Crippen LogP contribution in [0.1, 0.15) is 5.82 Å². The Labute approximate surface area is 94.4 Å². The van der Waals surface area contributed by atoms with Crippen LogP contribution in [0.5, 0.6) is 0 Å². The molecule has 1 rings (SSSR count). The molecule has 0 unspecified atom stereocenters. The maximum atomic E-state index is 11.3. The van der Waals surface area contributed by atoms with Gasteiger partial charge in [-0.05, 0) is 0 Å². The van der Waals surface area contributed by atoms with Crippen molar-refractivity contribution in [1.82, 2.24) is 9.36 Å². The summed E-state index contributed by atoms with van der Waals surface area (Å²) >= 11 is 0.909. The molecule has 0 saturated carbocycles. The summed E-state index contributed by atoms with van der Waals surface area (Å²) in [6, 6.07) is 0. The normalized spacial score (nSPS) is 10.8. The summed E-state index contributed by atoms with van der Waals surface area (Å²) in [5.41, 5.74) is -0.166. The Bertz CT molecular complexity index is 416. The van der Waals surface area contributed by atoms with Gasteiger partial charge in [-0.2, -0.15) is 9.36 Å². The third-order valence-electron chi connectivity index (χ3n) is 1.38. The number of amides is 1. The summed E-state index contributed by atoms with van der Waals surface area (Å²) in [5, 5.41) is 5.99. The van der Waals surface area contributed by atoms with E-state index in [4.69, 9.17) is 0 Å². The van der Waals surface area contributed by atoms with Crippen molar-refractivity contribution in [3.63, 3.8) is 0 Å². The highest BCUT2D eigenvalue weighted by Crippen LogP contribution is 2.11. The fraction of sp³-hybridized carbons (Fsp3) is 0.286. The molecule has 0 spiro atoms. The van der Waals surface area contributed by atoms with E-state index in [1.807, 2.05) is 0 Å². The second kappa shape index (κ2) is 5.75. The van der Waals surface area contributed by atoms with Gasteiger partial charge in [-0.1, -0.05) is 5.16 Å². The molecule has 0 radical (unpaired) electrons. The van der Waals surface area contributed by atoms with Gasteiger partial charge in [0.15, 0.2) is 0 Å². The first-order valence-corrected chi connectivity index (χ1v) is 4.74. The van der Waals surface area contributed by atoms with Gasteiger partial charge in [0, 0.05) is 11.5 Å². The Morgan fingerprint density at radius 2 is 2.31 bits per heavy atom. The van der Waals surface area contributed by atoms with Gasteiger partial charge in [0.05, 0.1) is 7.11 Å². The van der Waals surface area contributed by atoms with Gasteiger partial charge in [-0.25, -0.2) is 4.79 Å². The van der Waals surface area contributed by atoms with E-state index in [1.165, 1.54) is 14.2 Å². The number of methoxy groups -OCH3 is 1. The Morgan fingerprint density at radius 3 is 2.88 bits per heavy atom. The summed E-state index contributed by atoms with van der Waals surface area (Å²) < 4.78 is 8.29. The molecule has 0 fully saturated rings. The number of carbonyl (C=O) groups is 2. The van der Waals surface area contributed by atoms with Crippen LogP contribution in [0.25, 0.3) is 0 Å². The lowest BCUT2D eigenvalue weighted by atomic mass is 10.4. The fourth-order valence-corrected chi connectivity index (χ4v) is 1.31. The van der Waals surface area contributed by atoms with E-state index in [1.54, 1.807) is 0 Å². The molecule has 0 bridgehead atoms. The van der Waals surface area contributed by atoms with Crippen LogP contribution in [-0.2, 0) is 19.2 Å². The third-order valence-corrected chi connectivity index (χ3v) is 2.03. The molecule has 1 aromatic rings. The van der Waals surface area contributed by atoms with E-state index in [2.05, 4.69) is 29.4 Å². The van der Waals surface area contributed by atoms with Crippen molar-refractivity contribution in [2.45, 2.75) is 0 Å². The van der Waals surface area contributed by atoms with Crippen molar-refractivity contribution in [2.75, 3.05) is 19.5 Å². The summed E-state index contributed by atoms with van der Waals surface area (Å²) in [6.45, 7) is 0. The molecule has 86 valence electrons. The minimum atomic E-state index is -0.725. The van der Waals surface area contributed by atoms with Crippen LogP contribution < -0.4 is 5.32 Å². The molecule has 0 aromatic carbocycles. The van der Waals surface area contributed by atoms with Gasteiger partial charge >= 0.3 is 5.97 Å². The van der Waals surface area contributed by atoms with Crippen LogP contribution in [0.15, 0.2) is 5.16 Å². The predicted octanol–water partition coefficient (Wildman–Crippen LogP) is -0.370. The molecule has 0 saturated heterocycles. The molecule has 1 heterocycles. The third kappa shape index (κ3) is 2.73. The molecular weight excluding hydrogens is 236 g/mol. The van der Waals surface area contributed by atoms with Crippen LogP contribution in [-0.4, -0.2) is 41.7 Å². The van der Waals surface area contributed by atoms with Gasteiger partial charge in [0.1, 0.15) is 7.11 Å². The number of esters is 1. The number of hydrogen-bond donors (Lipinski definition) is 1. The first-order chi connectivity index (χ1) is 7.72. The molecule has 16 heavy (non-hydrogen) atoms. The molecule has 1 N–H and O–H groups in total. The maximum Gasteiger partial charge on any atom is 0.364 e. The maximum absolute atomic E-state index is 11.3. The van der Waals surface area contributed by atoms with Crippen molar-refractivity contribution < 1.29 is 19.2 Å². The molecular formula is C7H8N4O4S. The number of nitrogens with zero attached hydrogens (tertiary/aromatic N) is 3. The van der Waals surface area contributed by atoms with E-state index in [0.29, 0.717) is 6.41 Å². The molecule has 8 nitrogen and oxygen atoms in total. The van der Waals surface area contributed by atoms with Gasteiger partial charge in [0.2, 0.25) is 23.1 Å². The molecule has 0 aliphatic heterocycles. The van der Waals surface area contributed by atoms with Gasteiger partial charge in [-0.15, -0.1) is 0 Å². The van der Waals surface area contributed by atoms with Crippen molar-refractivity contribution in [3.8, 4) is 0 Å². The zero-order chi connectivity index (χ0) is 12.0. The van der Waals surface area contributed by atoms with Crippen LogP contribution in [0.3, 0.4) is 0 Å². The minimum absolute atomic E-state index is 0.0306. The molecule has 1 aromatic heterocycles. The lowest BCUT2D eigenvalue weighted by molar-refractivity contribution is -0.132. The van der Waals surface area contributed by atoms with Crippen LogP contribution in [0.2, 0.25) is 0 Å². The average molecular weight is 244 g/mol. The van der Waals surface area contributed by atoms with Gasteiger partial charge < -0.3 is 14.9 Å². The topological polar surface area (TPSA) is 103 Å². The van der Waals surface area contributed by atoms with Crippen LogP contribution >= 0.6 is 11.5 Å². The second-order valence-electron chi connectivity index (χ2n) is 2.30. The number of nitrogens with one attached hydrogen (secondary N) is 1. The first kappa shape index (κ1) is 12.0. The van der Waals surface area contributed by atoms with E-state index in [9.17, 15) is 9.59 Å². The van der Waals surface area contributed by atoms with Crippen molar-refractivity contribution in [1.29, 1.82) is 0 Å². The molecule has 1 amide bonds. The Balaban J connectivity index is 2.97. The van der Waals surface area contributed by atoms with Gasteiger partial charge in [0.25, 0.3) is 0 Å². The van der Waals surface area contributed by atoms with Crippen molar-refractivity contribution in [3.05, 3.63) is 5.82 Å². The Hall–Kier alpha value is -2.03. The smallest absolute Gasteiger partial charge is 0.364 e. The fourth-order valence-electron chi connectivity index (χ4n) is 0.786. The number of ether oxygens (including phenoxy) is 1. The number of anilines is 1. The highest BCUT2D eigenvalue weighted by molar-refractivity contribution is 7.10. The minimum Gasteiger partial charge on any atom is -0.464 e. The summed E-state index contributed by atoms with van der Waals surface area (Å²) in [4.78, 5) is 29.7. The number of hydrogen-bond acceptors (Lipinski definition) is 8. The Morgan fingerprint density at radius 1 is 1.56 bits per heavy atom. The molecule has 9 heteroatoms. The quantitative estimate of drug-likeness (QED) is 0.328. The van der Waals surface area contributed by atoms with E-state index >= 15 is 0 Å². The highest BCUT2D eigenvalue weighted by atomic mass is 32.1. The van der Waals surface area contributed by atoms with Crippen LogP contribution in [0.4, 0.5) is 5.13 Å². The zero-order valence-electron chi connectivity index (χ0n) is 8.46. The summed E-state index contributed by atoms with van der Waals surface area (Å²) in [5.74, 6) is -0.694. The summed E-state index contributed by atoms with van der Waals surface area (Å²) in [7, 11) is 2.48. The lowest BCUT2D eigenvalue weighted by Crippen LogP contribution is -2.19. The van der Waals surface area contributed by atoms with E-state index < -0.39 is 5.97 Å². The molecule has 0 aliphatic carbocycles. The number of aromatic nitrogens is 2. The largest absolute Gasteiger partial charge is 0.464 e. The number of carbonyl (C=O) groups excluding carboxylic acids is 2. The second-order valence-corrected chi connectivity index (χ2v) is 3.05. The van der Waals surface area contributed by atoms with E-state index in [0.717, 1.165) is 11.5 Å². The molecule has 0 aliphatic rings. The zero-order valence-corrected chi connectivity index (χ0v) is 9.28. The van der Waals surface area contributed by atoms with Crippen LogP contribution in [0, 0.1) is 0 Å². The predicted molar refractivity (Wildman–Crippen MR) is 55.2 cm³/mol. The monoisotopic (exact) mass is 244 g/mol. The van der Waals surface area contributed by atoms with Gasteiger partial charge in [-0.3, -0.25) is 4.79 Å². The highest BCUT2D eigenvalue weighted by Gasteiger charge is 2.20. The number of oxime groups is 1. The lowest BCUT2D eigenvalue weighted by Gasteiger charge is -1.98. The average Bonchev–Trinajstić information content (AvgIpc) is 2.74. The van der Waals surface area contributed by atoms with Crippen molar-refractivity contribution in [2.24, 2.45) is 5.16 Å². The summed E-state index contributed by atoms with van der Waals surface area (Å²) in [6.07, 6.45) is 0.454. The molecule has 0 atom stereocenters. The standard InChI is InChI=1S/C7H8N4O4S/c1-14-6(13)4(10-15-2)5-9-7(8-3-12)16-11-5/h3H,1-2H3,(H,8,9,11,12)/b10-4-. The SMILES string of the molecule is CO/N=C(\C(=O)OC)c1nsc(NC=O)n1. The van der Waals surface area contributed by atoms with Crippen molar-refractivity contribution >= 4 is 34.8 Å².